The van der Waals surface area contributed by atoms with Crippen LogP contribution in [-0.2, 0) is 6.42 Å². The number of amides is 1. The largest absolute Gasteiger partial charge is 0.395 e. The van der Waals surface area contributed by atoms with Gasteiger partial charge in [0.05, 0.1) is 12.3 Å². The molecule has 2 N–H and O–H groups in total. The van der Waals surface area contributed by atoms with Crippen molar-refractivity contribution in [2.24, 2.45) is 0 Å². The first-order valence-electron chi connectivity index (χ1n) is 6.44. The Kier molecular flexibility index (Phi) is 5.37. The smallest absolute Gasteiger partial charge is 0.270 e. The van der Waals surface area contributed by atoms with Crippen molar-refractivity contribution in [2.45, 2.75) is 19.8 Å². The van der Waals surface area contributed by atoms with E-state index in [2.05, 4.69) is 31.7 Å². The van der Waals surface area contributed by atoms with E-state index < -0.39 is 0 Å². The van der Waals surface area contributed by atoms with Crippen molar-refractivity contribution >= 4 is 23.3 Å². The number of carbonyl (C=O) groups excluding carboxylic acids is 1. The number of nitrogens with zero attached hydrogens (tertiary/aromatic N) is 3. The first kappa shape index (κ1) is 15.1. The molecule has 2 aromatic heterocycles. The monoisotopic (exact) mass is 302 g/mol. The van der Waals surface area contributed by atoms with Gasteiger partial charge in [-0.05, 0) is 36.0 Å². The Labute approximate surface area is 126 Å². The standard InChI is InChI=1S/C14H14N4O2S/c1-2-11-13(21-18-17-11)14(20)16-12-8-5-7-10(15-12)6-3-4-9-19/h5,7-8,19H,2,4,9H2,1H3,(H,15,16,20). The van der Waals surface area contributed by atoms with Crippen LogP contribution in [-0.4, -0.2) is 32.2 Å². The van der Waals surface area contributed by atoms with E-state index in [1.807, 2.05) is 6.92 Å². The van der Waals surface area contributed by atoms with E-state index in [1.54, 1.807) is 18.2 Å². The maximum absolute atomic E-state index is 12.1. The molecule has 0 radical (unpaired) electrons. The number of nitrogens with one attached hydrogen (secondary N) is 1. The minimum Gasteiger partial charge on any atom is -0.395 e. The summed E-state index contributed by atoms with van der Waals surface area (Å²) in [6.45, 7) is 1.94. The predicted octanol–water partition coefficient (Wildman–Crippen LogP) is 1.48. The summed E-state index contributed by atoms with van der Waals surface area (Å²) < 4.78 is 3.79. The van der Waals surface area contributed by atoms with Gasteiger partial charge in [-0.25, -0.2) is 4.98 Å². The molecule has 0 aliphatic carbocycles. The lowest BCUT2D eigenvalue weighted by Gasteiger charge is -2.03. The van der Waals surface area contributed by atoms with Crippen LogP contribution in [0.4, 0.5) is 5.82 Å². The zero-order valence-corrected chi connectivity index (χ0v) is 12.3. The number of aliphatic hydroxyl groups excluding tert-OH is 1. The molecule has 2 rings (SSSR count). The third-order valence-electron chi connectivity index (χ3n) is 2.54. The van der Waals surface area contributed by atoms with Gasteiger partial charge in [-0.15, -0.1) is 5.10 Å². The second kappa shape index (κ2) is 7.47. The quantitative estimate of drug-likeness (QED) is 0.835. The molecule has 0 fully saturated rings. The molecule has 0 saturated heterocycles. The normalized spacial score (nSPS) is 9.81. The fraction of sp³-hybridized carbons (Fsp3) is 0.286. The lowest BCUT2D eigenvalue weighted by Crippen LogP contribution is -2.13. The van der Waals surface area contributed by atoms with E-state index in [0.717, 1.165) is 11.5 Å². The molecule has 0 bridgehead atoms. The summed E-state index contributed by atoms with van der Waals surface area (Å²) in [5, 5.41) is 15.3. The van der Waals surface area contributed by atoms with Crippen LogP contribution in [0, 0.1) is 11.8 Å². The van der Waals surface area contributed by atoms with Crippen LogP contribution >= 0.6 is 11.5 Å². The molecule has 0 aliphatic heterocycles. The highest BCUT2D eigenvalue weighted by molar-refractivity contribution is 7.08. The zero-order valence-electron chi connectivity index (χ0n) is 11.5. The number of aromatic nitrogens is 3. The summed E-state index contributed by atoms with van der Waals surface area (Å²) in [6.07, 6.45) is 1.05. The second-order valence-corrected chi connectivity index (χ2v) is 4.79. The highest BCUT2D eigenvalue weighted by atomic mass is 32.1. The zero-order chi connectivity index (χ0) is 15.1. The van der Waals surface area contributed by atoms with Gasteiger partial charge in [-0.2, -0.15) is 0 Å². The van der Waals surface area contributed by atoms with E-state index in [0.29, 0.717) is 34.9 Å². The first-order valence-corrected chi connectivity index (χ1v) is 7.21. The van der Waals surface area contributed by atoms with Crippen LogP contribution < -0.4 is 5.32 Å². The molecule has 2 aromatic rings. The fourth-order valence-electron chi connectivity index (χ4n) is 1.57. The van der Waals surface area contributed by atoms with E-state index in [1.165, 1.54) is 0 Å². The highest BCUT2D eigenvalue weighted by Gasteiger charge is 2.15. The van der Waals surface area contributed by atoms with Crippen LogP contribution in [0.2, 0.25) is 0 Å². The molecule has 6 nitrogen and oxygen atoms in total. The summed E-state index contributed by atoms with van der Waals surface area (Å²) >= 11 is 1.07. The van der Waals surface area contributed by atoms with Gasteiger partial charge in [-0.3, -0.25) is 4.79 Å². The molecule has 1 amide bonds. The second-order valence-electron chi connectivity index (χ2n) is 4.04. The molecule has 0 atom stereocenters. The Hall–Kier alpha value is -2.30. The van der Waals surface area contributed by atoms with Crippen LogP contribution in [0.15, 0.2) is 18.2 Å². The third kappa shape index (κ3) is 4.08. The average Bonchev–Trinajstić information content (AvgIpc) is 2.96. The number of hydrogen-bond acceptors (Lipinski definition) is 6. The van der Waals surface area contributed by atoms with Crippen LogP contribution in [0.3, 0.4) is 0 Å². The van der Waals surface area contributed by atoms with Gasteiger partial charge in [0, 0.05) is 6.42 Å². The average molecular weight is 302 g/mol. The van der Waals surface area contributed by atoms with Gasteiger partial charge in [-0.1, -0.05) is 23.4 Å². The van der Waals surface area contributed by atoms with Gasteiger partial charge in [0.2, 0.25) is 0 Å². The van der Waals surface area contributed by atoms with Crippen molar-refractivity contribution in [3.05, 3.63) is 34.5 Å². The summed E-state index contributed by atoms with van der Waals surface area (Å²) in [5.74, 6) is 5.76. The van der Waals surface area contributed by atoms with Crippen molar-refractivity contribution in [2.75, 3.05) is 11.9 Å². The van der Waals surface area contributed by atoms with Crippen molar-refractivity contribution in [1.82, 2.24) is 14.6 Å². The number of aryl methyl sites for hydroxylation is 1. The highest BCUT2D eigenvalue weighted by Crippen LogP contribution is 2.14. The maximum atomic E-state index is 12.1. The molecular weight excluding hydrogens is 288 g/mol. The Morgan fingerprint density at radius 2 is 2.33 bits per heavy atom. The van der Waals surface area contributed by atoms with Gasteiger partial charge in [0.25, 0.3) is 5.91 Å². The van der Waals surface area contributed by atoms with Crippen molar-refractivity contribution in [3.8, 4) is 11.8 Å². The van der Waals surface area contributed by atoms with Crippen LogP contribution in [0.25, 0.3) is 0 Å². The third-order valence-corrected chi connectivity index (χ3v) is 3.31. The van der Waals surface area contributed by atoms with Gasteiger partial charge < -0.3 is 10.4 Å². The van der Waals surface area contributed by atoms with E-state index in [9.17, 15) is 4.79 Å². The summed E-state index contributed by atoms with van der Waals surface area (Å²) in [6, 6.07) is 5.19. The van der Waals surface area contributed by atoms with Crippen molar-refractivity contribution < 1.29 is 9.90 Å². The predicted molar refractivity (Wildman–Crippen MR) is 80.1 cm³/mol. The minimum absolute atomic E-state index is 0.0155. The maximum Gasteiger partial charge on any atom is 0.270 e. The number of carbonyl (C=O) groups is 1. The van der Waals surface area contributed by atoms with Crippen molar-refractivity contribution in [3.63, 3.8) is 0 Å². The van der Waals surface area contributed by atoms with E-state index in [4.69, 9.17) is 5.11 Å². The minimum atomic E-state index is -0.269. The molecule has 0 spiro atoms. The van der Waals surface area contributed by atoms with Crippen LogP contribution in [0.1, 0.15) is 34.4 Å². The molecule has 0 unspecified atom stereocenters. The molecule has 21 heavy (non-hydrogen) atoms. The Balaban J connectivity index is 2.11. The topological polar surface area (TPSA) is 88.0 Å². The van der Waals surface area contributed by atoms with E-state index in [-0.39, 0.29) is 12.5 Å². The molecule has 7 heteroatoms. The number of aliphatic hydroxyl groups is 1. The number of hydrogen-bond donors (Lipinski definition) is 2. The molecular formula is C14H14N4O2S. The van der Waals surface area contributed by atoms with Gasteiger partial charge >= 0.3 is 0 Å². The number of rotatable bonds is 4. The first-order chi connectivity index (χ1) is 10.2. The lowest BCUT2D eigenvalue weighted by molar-refractivity contribution is 0.102. The van der Waals surface area contributed by atoms with Gasteiger partial charge in [0.1, 0.15) is 16.4 Å². The molecule has 0 aromatic carbocycles. The van der Waals surface area contributed by atoms with Crippen LogP contribution in [0.5, 0.6) is 0 Å². The Morgan fingerprint density at radius 1 is 1.48 bits per heavy atom. The lowest BCUT2D eigenvalue weighted by atomic mass is 10.3. The molecule has 2 heterocycles. The summed E-state index contributed by atoms with van der Waals surface area (Å²) in [4.78, 5) is 16.9. The van der Waals surface area contributed by atoms with Crippen molar-refractivity contribution in [1.29, 1.82) is 0 Å². The Morgan fingerprint density at radius 3 is 3.10 bits per heavy atom. The number of anilines is 1. The summed E-state index contributed by atoms with van der Waals surface area (Å²) in [5.41, 5.74) is 1.22. The summed E-state index contributed by atoms with van der Waals surface area (Å²) in [7, 11) is 0. The number of pyridine rings is 1. The molecule has 0 aliphatic rings. The van der Waals surface area contributed by atoms with E-state index >= 15 is 0 Å². The van der Waals surface area contributed by atoms with Gasteiger partial charge in [0.15, 0.2) is 0 Å². The Bertz CT molecular complexity index is 688. The fourth-order valence-corrected chi connectivity index (χ4v) is 2.21. The molecule has 0 saturated carbocycles. The molecule has 108 valence electrons. The SMILES string of the molecule is CCc1nnsc1C(=O)Nc1cccc(C#CCCO)n1.